The van der Waals surface area contributed by atoms with Gasteiger partial charge < -0.3 is 20.1 Å². The molecule has 1 aromatic heterocycles. The fourth-order valence-electron chi connectivity index (χ4n) is 3.67. The third-order valence-corrected chi connectivity index (χ3v) is 7.77. The lowest BCUT2D eigenvalue weighted by atomic mass is 10.1. The summed E-state index contributed by atoms with van der Waals surface area (Å²) in [7, 11) is -1.51. The molecule has 7 nitrogen and oxygen atoms in total. The van der Waals surface area contributed by atoms with Gasteiger partial charge in [-0.25, -0.2) is 18.6 Å². The lowest BCUT2D eigenvalue weighted by molar-refractivity contribution is 0.333. The van der Waals surface area contributed by atoms with Crippen molar-refractivity contribution in [3.63, 3.8) is 0 Å². The van der Waals surface area contributed by atoms with E-state index < -0.39 is 22.6 Å². The number of hydrogen-bond acceptors (Lipinski definition) is 7. The van der Waals surface area contributed by atoms with Crippen LogP contribution in [0.2, 0.25) is 0 Å². The summed E-state index contributed by atoms with van der Waals surface area (Å²) in [5, 5.41) is 6.75. The number of allylic oxidation sites excluding steroid dienone is 2. The Bertz CT molecular complexity index is 1160. The maximum absolute atomic E-state index is 15.1. The van der Waals surface area contributed by atoms with Crippen LogP contribution in [0.3, 0.4) is 0 Å². The minimum atomic E-state index is -1.51. The standard InChI is InChI=1S/C26H35F2N5O2S2/c1-6-17(5)24(35-21-11-10-19(22(27)23(21)28)33-37(34)7-2)25(36-16(3)4)20-12-14-30-26(32-20)31-18-9-8-13-29-15-18/h10-12,14,17-18,29,33H,3,6-9,13,15H2,1-2,4-5H3,(H,30,31,32)/b25-24+. The molecule has 2 heterocycles. The number of thioether (sulfide) groups is 1. The van der Waals surface area contributed by atoms with Crippen LogP contribution < -0.4 is 20.1 Å². The molecule has 1 aliphatic heterocycles. The molecule has 11 heteroatoms. The predicted octanol–water partition coefficient (Wildman–Crippen LogP) is 6.07. The van der Waals surface area contributed by atoms with Gasteiger partial charge in [0.15, 0.2) is 11.6 Å². The molecule has 0 bridgehead atoms. The summed E-state index contributed by atoms with van der Waals surface area (Å²) in [5.74, 6) is -1.50. The van der Waals surface area contributed by atoms with E-state index in [1.54, 1.807) is 19.2 Å². The highest BCUT2D eigenvalue weighted by Crippen LogP contribution is 2.40. The molecule has 0 radical (unpaired) electrons. The van der Waals surface area contributed by atoms with Gasteiger partial charge in [-0.05, 0) is 55.8 Å². The van der Waals surface area contributed by atoms with Crippen LogP contribution in [0.15, 0.2) is 41.6 Å². The Hall–Kier alpha value is -2.50. The van der Waals surface area contributed by atoms with Crippen molar-refractivity contribution < 1.29 is 17.7 Å². The second kappa shape index (κ2) is 13.9. The maximum Gasteiger partial charge on any atom is 0.223 e. The molecule has 1 fully saturated rings. The molecular weight excluding hydrogens is 516 g/mol. The number of piperidine rings is 1. The number of hydrogen-bond donors (Lipinski definition) is 3. The second-order valence-electron chi connectivity index (χ2n) is 8.84. The van der Waals surface area contributed by atoms with Gasteiger partial charge in [0.2, 0.25) is 11.8 Å². The molecular formula is C26H35F2N5O2S2. The average molecular weight is 552 g/mol. The van der Waals surface area contributed by atoms with Crippen LogP contribution >= 0.6 is 11.8 Å². The average Bonchev–Trinajstić information content (AvgIpc) is 2.90. The van der Waals surface area contributed by atoms with E-state index in [4.69, 9.17) is 9.72 Å². The number of anilines is 2. The van der Waals surface area contributed by atoms with Crippen molar-refractivity contribution in [3.8, 4) is 5.75 Å². The highest BCUT2D eigenvalue weighted by atomic mass is 32.2. The maximum atomic E-state index is 15.1. The van der Waals surface area contributed by atoms with Gasteiger partial charge in [-0.1, -0.05) is 39.1 Å². The number of benzene rings is 1. The zero-order chi connectivity index (χ0) is 26.9. The minimum absolute atomic E-state index is 0.136. The Morgan fingerprint density at radius 1 is 1.32 bits per heavy atom. The van der Waals surface area contributed by atoms with Gasteiger partial charge in [0.05, 0.1) is 16.3 Å². The number of nitrogens with one attached hydrogen (secondary N) is 3. The molecule has 3 rings (SSSR count). The smallest absolute Gasteiger partial charge is 0.223 e. The zero-order valence-electron chi connectivity index (χ0n) is 21.7. The lowest BCUT2D eigenvalue weighted by Gasteiger charge is -2.24. The van der Waals surface area contributed by atoms with Gasteiger partial charge in [0, 0.05) is 30.5 Å². The lowest BCUT2D eigenvalue weighted by Crippen LogP contribution is -2.38. The summed E-state index contributed by atoms with van der Waals surface area (Å²) in [5.41, 5.74) is 0.418. The second-order valence-corrected chi connectivity index (χ2v) is 11.6. The molecule has 0 saturated carbocycles. The summed E-state index contributed by atoms with van der Waals surface area (Å²) < 4.78 is 50.2. The predicted molar refractivity (Wildman–Crippen MR) is 150 cm³/mol. The molecule has 0 spiro atoms. The highest BCUT2D eigenvalue weighted by Gasteiger charge is 2.24. The van der Waals surface area contributed by atoms with Gasteiger partial charge in [0.25, 0.3) is 0 Å². The number of rotatable bonds is 12. The third-order valence-electron chi connectivity index (χ3n) is 5.83. The normalized spacial score (nSPS) is 17.9. The van der Waals surface area contributed by atoms with E-state index in [0.717, 1.165) is 30.8 Å². The van der Waals surface area contributed by atoms with Gasteiger partial charge in [0.1, 0.15) is 16.7 Å². The van der Waals surface area contributed by atoms with Crippen molar-refractivity contribution in [2.45, 2.75) is 53.0 Å². The van der Waals surface area contributed by atoms with Crippen LogP contribution in [-0.4, -0.2) is 39.1 Å². The molecule has 0 amide bonds. The first-order valence-electron chi connectivity index (χ1n) is 12.4. The zero-order valence-corrected chi connectivity index (χ0v) is 23.3. The highest BCUT2D eigenvalue weighted by molar-refractivity contribution is 8.11. The molecule has 2 aromatic rings. The van der Waals surface area contributed by atoms with E-state index in [9.17, 15) is 8.60 Å². The first-order valence-corrected chi connectivity index (χ1v) is 14.6. The summed E-state index contributed by atoms with van der Waals surface area (Å²) in [6, 6.07) is 4.65. The molecule has 1 aromatic carbocycles. The van der Waals surface area contributed by atoms with Crippen molar-refractivity contribution in [3.05, 3.63) is 59.0 Å². The Morgan fingerprint density at radius 3 is 2.76 bits per heavy atom. The Balaban J connectivity index is 2.02. The van der Waals surface area contributed by atoms with E-state index in [2.05, 4.69) is 26.9 Å². The van der Waals surface area contributed by atoms with E-state index in [1.165, 1.54) is 23.9 Å². The minimum Gasteiger partial charge on any atom is -0.457 e. The molecule has 3 unspecified atom stereocenters. The number of nitrogens with zero attached hydrogens (tertiary/aromatic N) is 2. The molecule has 1 aliphatic rings. The first kappa shape index (κ1) is 29.1. The summed E-state index contributed by atoms with van der Waals surface area (Å²) >= 11 is 1.36. The molecule has 3 atom stereocenters. The molecule has 3 N–H and O–H groups in total. The Morgan fingerprint density at radius 2 is 2.11 bits per heavy atom. The van der Waals surface area contributed by atoms with Gasteiger partial charge in [-0.2, -0.15) is 4.39 Å². The fourth-order valence-corrected chi connectivity index (χ4v) is 5.13. The molecule has 1 saturated heterocycles. The van der Waals surface area contributed by atoms with E-state index in [-0.39, 0.29) is 29.1 Å². The number of aromatic nitrogens is 2. The SMILES string of the molecule is C=C(C)S/C(=C(/Oc1ccc(NS(=O)CC)c(F)c1F)C(C)CC)c1ccnc(NC2CCCNC2)n1. The first-order chi connectivity index (χ1) is 17.7. The van der Waals surface area contributed by atoms with Gasteiger partial charge in [-0.15, -0.1) is 0 Å². The fraction of sp³-hybridized carbons (Fsp3) is 0.462. The van der Waals surface area contributed by atoms with Gasteiger partial charge in [-0.3, -0.25) is 0 Å². The van der Waals surface area contributed by atoms with Crippen LogP contribution in [0.25, 0.3) is 4.91 Å². The van der Waals surface area contributed by atoms with E-state index in [0.29, 0.717) is 28.7 Å². The quantitative estimate of drug-likeness (QED) is 0.276. The van der Waals surface area contributed by atoms with Crippen LogP contribution in [0, 0.1) is 17.6 Å². The number of halogens is 2. The summed E-state index contributed by atoms with van der Waals surface area (Å²) in [4.78, 5) is 10.6. The molecule has 37 heavy (non-hydrogen) atoms. The summed E-state index contributed by atoms with van der Waals surface area (Å²) in [6.07, 6.45) is 4.46. The van der Waals surface area contributed by atoms with Crippen molar-refractivity contribution in [1.29, 1.82) is 0 Å². The molecule has 0 aliphatic carbocycles. The molecule has 202 valence electrons. The topological polar surface area (TPSA) is 88.2 Å². The van der Waals surface area contributed by atoms with Crippen LogP contribution in [0.4, 0.5) is 20.4 Å². The Kier molecular flexibility index (Phi) is 10.9. The van der Waals surface area contributed by atoms with E-state index >= 15 is 4.39 Å². The third kappa shape index (κ3) is 7.99. The largest absolute Gasteiger partial charge is 0.457 e. The van der Waals surface area contributed by atoms with Crippen LogP contribution in [-0.2, 0) is 11.0 Å². The van der Waals surface area contributed by atoms with E-state index in [1.807, 2.05) is 20.8 Å². The van der Waals surface area contributed by atoms with Crippen LogP contribution in [0.1, 0.15) is 52.7 Å². The van der Waals surface area contributed by atoms with Gasteiger partial charge >= 0.3 is 0 Å². The van der Waals surface area contributed by atoms with Crippen molar-refractivity contribution in [2.24, 2.45) is 5.92 Å². The summed E-state index contributed by atoms with van der Waals surface area (Å²) in [6.45, 7) is 13.3. The van der Waals surface area contributed by atoms with Crippen molar-refractivity contribution >= 4 is 39.3 Å². The van der Waals surface area contributed by atoms with Crippen molar-refractivity contribution in [2.75, 3.05) is 28.9 Å². The monoisotopic (exact) mass is 551 g/mol. The Labute approximate surface area is 224 Å². The van der Waals surface area contributed by atoms with Crippen LogP contribution in [0.5, 0.6) is 5.75 Å². The number of ether oxygens (including phenoxy) is 1. The van der Waals surface area contributed by atoms with Crippen molar-refractivity contribution in [1.82, 2.24) is 15.3 Å².